The Kier molecular flexibility index (Phi) is 3.75. The Labute approximate surface area is 104 Å². The first-order chi connectivity index (χ1) is 8.22. The van der Waals surface area contributed by atoms with E-state index < -0.39 is 0 Å². The van der Waals surface area contributed by atoms with Crippen LogP contribution in [0.3, 0.4) is 0 Å². The zero-order chi connectivity index (χ0) is 12.3. The highest BCUT2D eigenvalue weighted by atomic mass is 32.1. The number of likely N-dealkylation sites (N-methyl/N-ethyl adjacent to an activating group) is 1. The van der Waals surface area contributed by atoms with E-state index in [2.05, 4.69) is 22.4 Å². The fourth-order valence-corrected chi connectivity index (χ4v) is 2.13. The number of ether oxygens (including phenoxy) is 1. The Balaban J connectivity index is 2.12. The maximum atomic E-state index is 5.22. The summed E-state index contributed by atoms with van der Waals surface area (Å²) in [6.45, 7) is 2.07. The van der Waals surface area contributed by atoms with Crippen LogP contribution in [0.1, 0.15) is 12.7 Å². The average Bonchev–Trinajstić information content (AvgIpc) is 2.96. The standard InChI is InChI=1S/C11H15N3O2S/c1-7(12-2)4-10-13-11(16-14-10)9-5-8(15-3)6-17-9/h5-7,12H,4H2,1-3H3. The molecule has 2 aromatic rings. The lowest BCUT2D eigenvalue weighted by molar-refractivity contribution is 0.413. The molecule has 5 nitrogen and oxygen atoms in total. The lowest BCUT2D eigenvalue weighted by atomic mass is 10.2. The van der Waals surface area contributed by atoms with Gasteiger partial charge in [0.1, 0.15) is 5.75 Å². The van der Waals surface area contributed by atoms with Crippen molar-refractivity contribution in [3.63, 3.8) is 0 Å². The molecule has 1 N–H and O–H groups in total. The second-order valence-electron chi connectivity index (χ2n) is 3.76. The van der Waals surface area contributed by atoms with Gasteiger partial charge in [-0.05, 0) is 14.0 Å². The molecule has 0 aliphatic rings. The normalized spacial score (nSPS) is 12.6. The topological polar surface area (TPSA) is 60.2 Å². The number of hydrogen-bond acceptors (Lipinski definition) is 6. The Morgan fingerprint density at radius 1 is 1.59 bits per heavy atom. The molecule has 0 aliphatic heterocycles. The molecule has 0 aromatic carbocycles. The zero-order valence-corrected chi connectivity index (χ0v) is 10.9. The van der Waals surface area contributed by atoms with E-state index in [9.17, 15) is 0 Å². The third-order valence-electron chi connectivity index (χ3n) is 2.47. The molecule has 0 radical (unpaired) electrons. The molecule has 2 heterocycles. The molecule has 2 aromatic heterocycles. The summed E-state index contributed by atoms with van der Waals surface area (Å²) >= 11 is 1.53. The minimum Gasteiger partial charge on any atom is -0.496 e. The van der Waals surface area contributed by atoms with Crippen LogP contribution in [0, 0.1) is 0 Å². The molecule has 92 valence electrons. The molecule has 6 heteroatoms. The van der Waals surface area contributed by atoms with E-state index in [4.69, 9.17) is 9.26 Å². The smallest absolute Gasteiger partial charge is 0.268 e. The van der Waals surface area contributed by atoms with Gasteiger partial charge in [0.15, 0.2) is 5.82 Å². The Hall–Kier alpha value is -1.40. The lowest BCUT2D eigenvalue weighted by Crippen LogP contribution is -2.24. The molecule has 0 amide bonds. The highest BCUT2D eigenvalue weighted by Gasteiger charge is 2.13. The van der Waals surface area contributed by atoms with E-state index in [0.29, 0.717) is 17.8 Å². The summed E-state index contributed by atoms with van der Waals surface area (Å²) < 4.78 is 10.3. The highest BCUT2D eigenvalue weighted by molar-refractivity contribution is 7.13. The largest absolute Gasteiger partial charge is 0.496 e. The van der Waals surface area contributed by atoms with Crippen LogP contribution in [-0.4, -0.2) is 30.3 Å². The fraction of sp³-hybridized carbons (Fsp3) is 0.455. The van der Waals surface area contributed by atoms with Crippen molar-refractivity contribution in [2.24, 2.45) is 0 Å². The van der Waals surface area contributed by atoms with Gasteiger partial charge in [0, 0.05) is 23.9 Å². The van der Waals surface area contributed by atoms with E-state index in [1.54, 1.807) is 7.11 Å². The van der Waals surface area contributed by atoms with E-state index in [0.717, 1.165) is 17.0 Å². The van der Waals surface area contributed by atoms with Gasteiger partial charge in [-0.3, -0.25) is 0 Å². The van der Waals surface area contributed by atoms with Crippen molar-refractivity contribution in [3.05, 3.63) is 17.3 Å². The van der Waals surface area contributed by atoms with Gasteiger partial charge >= 0.3 is 0 Å². The third kappa shape index (κ3) is 2.83. The number of nitrogens with one attached hydrogen (secondary N) is 1. The first kappa shape index (κ1) is 12.1. The van der Waals surface area contributed by atoms with E-state index >= 15 is 0 Å². The molecular weight excluding hydrogens is 238 g/mol. The van der Waals surface area contributed by atoms with E-state index in [-0.39, 0.29) is 0 Å². The Morgan fingerprint density at radius 2 is 2.41 bits per heavy atom. The minimum atomic E-state index is 0.332. The van der Waals surface area contributed by atoms with Gasteiger partial charge < -0.3 is 14.6 Å². The van der Waals surface area contributed by atoms with Crippen LogP contribution in [0.15, 0.2) is 16.0 Å². The summed E-state index contributed by atoms with van der Waals surface area (Å²) in [5.41, 5.74) is 0. The molecule has 0 bridgehead atoms. The number of rotatable bonds is 5. The SMILES string of the molecule is CNC(C)Cc1noc(-c2cc(OC)cs2)n1. The van der Waals surface area contributed by atoms with Crippen LogP contribution in [-0.2, 0) is 6.42 Å². The van der Waals surface area contributed by atoms with Crippen molar-refractivity contribution in [2.75, 3.05) is 14.2 Å². The van der Waals surface area contributed by atoms with Gasteiger partial charge in [0.2, 0.25) is 0 Å². The molecule has 2 rings (SSSR count). The van der Waals surface area contributed by atoms with Crippen molar-refractivity contribution < 1.29 is 9.26 Å². The van der Waals surface area contributed by atoms with Crippen LogP contribution in [0.25, 0.3) is 10.8 Å². The molecular formula is C11H15N3O2S. The molecule has 0 spiro atoms. The van der Waals surface area contributed by atoms with Gasteiger partial charge in [-0.2, -0.15) is 4.98 Å². The summed E-state index contributed by atoms with van der Waals surface area (Å²) in [4.78, 5) is 5.28. The predicted octanol–water partition coefficient (Wildman–Crippen LogP) is 1.96. The van der Waals surface area contributed by atoms with Crippen LogP contribution >= 0.6 is 11.3 Å². The number of methoxy groups -OCH3 is 1. The second kappa shape index (κ2) is 5.29. The molecule has 1 atom stereocenters. The molecule has 0 aliphatic carbocycles. The van der Waals surface area contributed by atoms with Crippen LogP contribution in [0.2, 0.25) is 0 Å². The molecule has 0 saturated carbocycles. The minimum absolute atomic E-state index is 0.332. The maximum absolute atomic E-state index is 5.22. The summed E-state index contributed by atoms with van der Waals surface area (Å²) in [5, 5.41) is 9.00. The van der Waals surface area contributed by atoms with Crippen molar-refractivity contribution in [1.82, 2.24) is 15.5 Å². The Bertz CT molecular complexity index is 481. The van der Waals surface area contributed by atoms with Gasteiger partial charge in [0.05, 0.1) is 12.0 Å². The van der Waals surface area contributed by atoms with Gasteiger partial charge in [-0.25, -0.2) is 0 Å². The number of nitrogens with zero attached hydrogens (tertiary/aromatic N) is 2. The molecule has 17 heavy (non-hydrogen) atoms. The van der Waals surface area contributed by atoms with Crippen molar-refractivity contribution in [2.45, 2.75) is 19.4 Å². The lowest BCUT2D eigenvalue weighted by Gasteiger charge is -2.04. The van der Waals surface area contributed by atoms with Gasteiger partial charge in [-0.1, -0.05) is 5.16 Å². The zero-order valence-electron chi connectivity index (χ0n) is 10.1. The first-order valence-electron chi connectivity index (χ1n) is 5.35. The van der Waals surface area contributed by atoms with Crippen molar-refractivity contribution in [1.29, 1.82) is 0 Å². The van der Waals surface area contributed by atoms with Crippen molar-refractivity contribution >= 4 is 11.3 Å². The predicted molar refractivity (Wildman–Crippen MR) is 66.4 cm³/mol. The summed E-state index contributed by atoms with van der Waals surface area (Å²) in [7, 11) is 3.55. The monoisotopic (exact) mass is 253 g/mol. The Morgan fingerprint density at radius 3 is 3.06 bits per heavy atom. The van der Waals surface area contributed by atoms with E-state index in [1.807, 2.05) is 18.5 Å². The molecule has 0 saturated heterocycles. The summed E-state index contributed by atoms with van der Waals surface area (Å²) in [6, 6.07) is 2.22. The fourth-order valence-electron chi connectivity index (χ4n) is 1.35. The average molecular weight is 253 g/mol. The van der Waals surface area contributed by atoms with Gasteiger partial charge in [0.25, 0.3) is 5.89 Å². The van der Waals surface area contributed by atoms with Crippen LogP contribution in [0.5, 0.6) is 5.75 Å². The summed E-state index contributed by atoms with van der Waals surface area (Å²) in [6.07, 6.45) is 0.752. The van der Waals surface area contributed by atoms with E-state index in [1.165, 1.54) is 11.3 Å². The van der Waals surface area contributed by atoms with Crippen molar-refractivity contribution in [3.8, 4) is 16.5 Å². The van der Waals surface area contributed by atoms with Crippen LogP contribution < -0.4 is 10.1 Å². The quantitative estimate of drug-likeness (QED) is 0.882. The number of thiophene rings is 1. The number of aromatic nitrogens is 2. The third-order valence-corrected chi connectivity index (χ3v) is 3.37. The number of hydrogen-bond donors (Lipinski definition) is 1. The highest BCUT2D eigenvalue weighted by Crippen LogP contribution is 2.29. The first-order valence-corrected chi connectivity index (χ1v) is 6.23. The molecule has 1 unspecified atom stereocenters. The van der Waals surface area contributed by atoms with Crippen LogP contribution in [0.4, 0.5) is 0 Å². The second-order valence-corrected chi connectivity index (χ2v) is 4.67. The maximum Gasteiger partial charge on any atom is 0.268 e. The van der Waals surface area contributed by atoms with Gasteiger partial charge in [-0.15, -0.1) is 11.3 Å². The molecule has 0 fully saturated rings. The summed E-state index contributed by atoms with van der Waals surface area (Å²) in [5.74, 6) is 2.08.